The van der Waals surface area contributed by atoms with Crippen LogP contribution in [-0.2, 0) is 9.05 Å². The van der Waals surface area contributed by atoms with Crippen molar-refractivity contribution in [2.75, 3.05) is 0 Å². The predicted molar refractivity (Wildman–Crippen MR) is 57.5 cm³/mol. The number of benzene rings is 1. The Morgan fingerprint density at radius 2 is 1.95 bits per heavy atom. The third-order valence-electron chi connectivity index (χ3n) is 1.88. The lowest BCUT2D eigenvalue weighted by Crippen LogP contribution is -2.19. The van der Waals surface area contributed by atoms with Crippen molar-refractivity contribution in [1.82, 2.24) is 0 Å². The van der Waals surface area contributed by atoms with Gasteiger partial charge in [-0.25, -0.2) is 8.42 Å². The third kappa shape index (κ3) is 3.49. The van der Waals surface area contributed by atoms with Gasteiger partial charge in [0, 0.05) is 10.7 Å². The maximum atomic E-state index is 12.2. The first-order valence-electron chi connectivity index (χ1n) is 4.39. The van der Waals surface area contributed by atoms with E-state index in [1.807, 2.05) is 0 Å². The van der Waals surface area contributed by atoms with Crippen LogP contribution in [0.4, 0.5) is 18.9 Å². The number of rotatable bonds is 3. The van der Waals surface area contributed by atoms with E-state index in [-0.39, 0.29) is 0 Å². The van der Waals surface area contributed by atoms with Crippen LogP contribution in [0.5, 0.6) is 5.75 Å². The topological polar surface area (TPSA) is 110 Å². The molecule has 1 rings (SSSR count). The largest absolute Gasteiger partial charge is 0.573 e. The van der Waals surface area contributed by atoms with Crippen molar-refractivity contribution < 1.29 is 31.2 Å². The Labute approximate surface area is 113 Å². The number of ether oxygens (including phenoxy) is 1. The van der Waals surface area contributed by atoms with Gasteiger partial charge in [0.2, 0.25) is 5.75 Å². The van der Waals surface area contributed by atoms with E-state index in [1.165, 1.54) is 6.07 Å². The predicted octanol–water partition coefficient (Wildman–Crippen LogP) is 2.29. The quantitative estimate of drug-likeness (QED) is 0.477. The van der Waals surface area contributed by atoms with Crippen molar-refractivity contribution in [3.05, 3.63) is 27.8 Å². The molecule has 0 saturated carbocycles. The van der Waals surface area contributed by atoms with Crippen LogP contribution < -0.4 is 4.74 Å². The molecule has 0 N–H and O–H groups in total. The van der Waals surface area contributed by atoms with Crippen LogP contribution in [-0.4, -0.2) is 19.7 Å². The Morgan fingerprint density at radius 3 is 2.30 bits per heavy atom. The molecule has 0 aliphatic heterocycles. The summed E-state index contributed by atoms with van der Waals surface area (Å²) >= 11 is 0. The minimum Gasteiger partial charge on any atom is -0.397 e. The lowest BCUT2D eigenvalue weighted by molar-refractivity contribution is -0.389. The van der Waals surface area contributed by atoms with Gasteiger partial charge in [-0.1, -0.05) is 0 Å². The molecule has 12 heteroatoms. The molecule has 0 aliphatic carbocycles. The molecule has 0 aromatic heterocycles. The molecule has 0 spiro atoms. The average Bonchev–Trinajstić information content (AvgIpc) is 2.23. The molecule has 0 radical (unpaired) electrons. The van der Waals surface area contributed by atoms with E-state index in [4.69, 9.17) is 15.9 Å². The van der Waals surface area contributed by atoms with Crippen LogP contribution in [0, 0.1) is 21.4 Å². The summed E-state index contributed by atoms with van der Waals surface area (Å²) in [7, 11) is 0.131. The highest BCUT2D eigenvalue weighted by atomic mass is 35.7. The smallest absolute Gasteiger partial charge is 0.397 e. The van der Waals surface area contributed by atoms with Gasteiger partial charge in [-0.05, 0) is 12.1 Å². The minimum atomic E-state index is -5.41. The Hall–Kier alpha value is -2.06. The van der Waals surface area contributed by atoms with E-state index in [0.717, 1.165) is 0 Å². The van der Waals surface area contributed by atoms with E-state index in [1.54, 1.807) is 0 Å². The molecule has 20 heavy (non-hydrogen) atoms. The molecule has 1 aromatic rings. The normalized spacial score (nSPS) is 11.8. The van der Waals surface area contributed by atoms with Gasteiger partial charge in [-0.3, -0.25) is 10.1 Å². The zero-order chi connectivity index (χ0) is 15.7. The Bertz CT molecular complexity index is 710. The fourth-order valence-electron chi connectivity index (χ4n) is 1.23. The second kappa shape index (κ2) is 5.14. The van der Waals surface area contributed by atoms with Crippen molar-refractivity contribution in [3.63, 3.8) is 0 Å². The summed E-state index contributed by atoms with van der Waals surface area (Å²) in [6.45, 7) is 0. The fourth-order valence-corrected chi connectivity index (χ4v) is 2.19. The molecule has 1 aromatic carbocycles. The summed E-state index contributed by atoms with van der Waals surface area (Å²) in [4.78, 5) is 8.10. The average molecular weight is 331 g/mol. The van der Waals surface area contributed by atoms with Crippen LogP contribution in [0.1, 0.15) is 5.56 Å². The van der Waals surface area contributed by atoms with Crippen LogP contribution in [0.3, 0.4) is 0 Å². The highest BCUT2D eigenvalue weighted by molar-refractivity contribution is 8.13. The molecule has 0 unspecified atom stereocenters. The van der Waals surface area contributed by atoms with Gasteiger partial charge in [-0.2, -0.15) is 5.26 Å². The highest BCUT2D eigenvalue weighted by Crippen LogP contribution is 2.41. The Kier molecular flexibility index (Phi) is 4.11. The molecule has 0 amide bonds. The standard InChI is InChI=1S/C8H2ClF3N2O5S/c9-20(17,18)5-2-1-4(3-13)6(14(15)16)7(5)19-8(10,11)12/h1-2H. The molecule has 0 heterocycles. The second-order valence-electron chi connectivity index (χ2n) is 3.14. The summed E-state index contributed by atoms with van der Waals surface area (Å²) in [5.41, 5.74) is -2.25. The van der Waals surface area contributed by atoms with Gasteiger partial charge < -0.3 is 4.74 Å². The van der Waals surface area contributed by atoms with Gasteiger partial charge in [-0.15, -0.1) is 13.2 Å². The fraction of sp³-hybridized carbons (Fsp3) is 0.125. The van der Waals surface area contributed by atoms with Crippen LogP contribution in [0.15, 0.2) is 17.0 Å². The summed E-state index contributed by atoms with van der Waals surface area (Å²) in [5, 5.41) is 19.3. The van der Waals surface area contributed by atoms with Gasteiger partial charge in [0.05, 0.1) is 4.92 Å². The SMILES string of the molecule is N#Cc1ccc(S(=O)(=O)Cl)c(OC(F)(F)F)c1[N+](=O)[O-]. The van der Waals surface area contributed by atoms with Crippen molar-refractivity contribution in [2.24, 2.45) is 0 Å². The number of hydrogen-bond donors (Lipinski definition) is 0. The second-order valence-corrected chi connectivity index (χ2v) is 5.68. The lowest BCUT2D eigenvalue weighted by atomic mass is 10.2. The van der Waals surface area contributed by atoms with Crippen molar-refractivity contribution in [2.45, 2.75) is 11.3 Å². The first kappa shape index (κ1) is 16.0. The lowest BCUT2D eigenvalue weighted by Gasteiger charge is -2.12. The number of nitriles is 1. The number of halogens is 4. The van der Waals surface area contributed by atoms with Crippen molar-refractivity contribution in [1.29, 1.82) is 5.26 Å². The number of nitrogens with zero attached hydrogens (tertiary/aromatic N) is 2. The molecule has 0 aliphatic rings. The molecular weight excluding hydrogens is 329 g/mol. The van der Waals surface area contributed by atoms with E-state index < -0.39 is 42.2 Å². The Morgan fingerprint density at radius 1 is 1.40 bits per heavy atom. The first-order chi connectivity index (χ1) is 8.97. The van der Waals surface area contributed by atoms with Gasteiger partial charge in [0.25, 0.3) is 9.05 Å². The zero-order valence-electron chi connectivity index (χ0n) is 9.01. The van der Waals surface area contributed by atoms with Crippen LogP contribution >= 0.6 is 10.7 Å². The first-order valence-corrected chi connectivity index (χ1v) is 6.70. The maximum absolute atomic E-state index is 12.2. The molecule has 7 nitrogen and oxygen atoms in total. The number of alkyl halides is 3. The number of nitro benzene ring substituents is 1. The van der Waals surface area contributed by atoms with Gasteiger partial charge >= 0.3 is 12.0 Å². The third-order valence-corrected chi connectivity index (χ3v) is 3.22. The van der Waals surface area contributed by atoms with Crippen molar-refractivity contribution >= 4 is 25.4 Å². The summed E-state index contributed by atoms with van der Waals surface area (Å²) < 4.78 is 62.3. The molecule has 0 fully saturated rings. The number of hydrogen-bond acceptors (Lipinski definition) is 6. The molecule has 0 bridgehead atoms. The van der Waals surface area contributed by atoms with Crippen molar-refractivity contribution in [3.8, 4) is 11.8 Å². The minimum absolute atomic E-state index is 0.509. The number of nitro groups is 1. The molecule has 0 atom stereocenters. The molecule has 108 valence electrons. The molecule has 0 saturated heterocycles. The maximum Gasteiger partial charge on any atom is 0.573 e. The monoisotopic (exact) mass is 330 g/mol. The summed E-state index contributed by atoms with van der Waals surface area (Å²) in [5.74, 6) is -1.66. The Balaban J connectivity index is 3.79. The van der Waals surface area contributed by atoms with Crippen LogP contribution in [0.25, 0.3) is 0 Å². The van der Waals surface area contributed by atoms with E-state index in [0.29, 0.717) is 12.1 Å². The van der Waals surface area contributed by atoms with E-state index in [9.17, 15) is 31.7 Å². The highest BCUT2D eigenvalue weighted by Gasteiger charge is 2.39. The van der Waals surface area contributed by atoms with Crippen LogP contribution in [0.2, 0.25) is 0 Å². The van der Waals surface area contributed by atoms with Gasteiger partial charge in [0.15, 0.2) is 0 Å². The zero-order valence-corrected chi connectivity index (χ0v) is 10.6. The summed E-state index contributed by atoms with van der Waals surface area (Å²) in [6, 6.07) is 2.41. The van der Waals surface area contributed by atoms with E-state index in [2.05, 4.69) is 4.74 Å². The summed E-state index contributed by atoms with van der Waals surface area (Å²) in [6.07, 6.45) is -5.41. The van der Waals surface area contributed by atoms with E-state index >= 15 is 0 Å². The van der Waals surface area contributed by atoms with Gasteiger partial charge in [0.1, 0.15) is 16.5 Å². The molecular formula is C8H2ClF3N2O5S.